The van der Waals surface area contributed by atoms with Crippen LogP contribution in [0.4, 0.5) is 0 Å². The van der Waals surface area contributed by atoms with Gasteiger partial charge in [-0.3, -0.25) is 9.36 Å². The van der Waals surface area contributed by atoms with Gasteiger partial charge in [-0.2, -0.15) is 0 Å². The fourth-order valence-corrected chi connectivity index (χ4v) is 3.10. The van der Waals surface area contributed by atoms with Crippen LogP contribution in [0.5, 0.6) is 0 Å². The van der Waals surface area contributed by atoms with Gasteiger partial charge in [0.25, 0.3) is 5.56 Å². The minimum absolute atomic E-state index is 0.0440. The number of hydrogen-bond acceptors (Lipinski definition) is 4. The summed E-state index contributed by atoms with van der Waals surface area (Å²) in [4.78, 5) is 19.4. The van der Waals surface area contributed by atoms with Crippen LogP contribution in [0.25, 0.3) is 10.2 Å². The molecule has 0 saturated heterocycles. The van der Waals surface area contributed by atoms with Crippen LogP contribution in [-0.4, -0.2) is 14.5 Å². The third-order valence-corrected chi connectivity index (χ3v) is 4.21. The smallest absolute Gasteiger partial charge is 0.262 e. The van der Waals surface area contributed by atoms with Crippen LogP contribution in [-0.2, 0) is 13.0 Å². The third kappa shape index (κ3) is 2.69. The van der Waals surface area contributed by atoms with E-state index in [0.29, 0.717) is 10.4 Å². The van der Waals surface area contributed by atoms with Crippen LogP contribution < -0.4 is 11.3 Å². The number of hydrogen-bond donors (Lipinski definition) is 1. The molecule has 0 fully saturated rings. The molecular weight excluding hydrogens is 278 g/mol. The maximum Gasteiger partial charge on any atom is 0.262 e. The molecule has 0 saturated carbocycles. The van der Waals surface area contributed by atoms with Gasteiger partial charge < -0.3 is 5.73 Å². The Morgan fingerprint density at radius 2 is 2.26 bits per heavy atom. The van der Waals surface area contributed by atoms with Crippen LogP contribution >= 0.6 is 23.6 Å². The van der Waals surface area contributed by atoms with Gasteiger partial charge in [0.05, 0.1) is 16.9 Å². The van der Waals surface area contributed by atoms with Crippen molar-refractivity contribution in [3.8, 4) is 0 Å². The normalized spacial score (nSPS) is 11.4. The van der Waals surface area contributed by atoms with Gasteiger partial charge in [-0.05, 0) is 12.5 Å². The molecule has 0 aliphatic rings. The Morgan fingerprint density at radius 1 is 1.58 bits per heavy atom. The summed E-state index contributed by atoms with van der Waals surface area (Å²) >= 11 is 6.51. The monoisotopic (exact) mass is 295 g/mol. The molecule has 0 bridgehead atoms. The summed E-state index contributed by atoms with van der Waals surface area (Å²) in [5, 5.41) is 0.669. The van der Waals surface area contributed by atoms with E-state index in [-0.39, 0.29) is 18.0 Å². The highest BCUT2D eigenvalue weighted by molar-refractivity contribution is 7.80. The minimum Gasteiger partial charge on any atom is -0.392 e. The van der Waals surface area contributed by atoms with Crippen molar-refractivity contribution in [3.63, 3.8) is 0 Å². The number of rotatable bonds is 4. The number of aryl methyl sites for hydroxylation is 1. The Hall–Kier alpha value is -1.27. The van der Waals surface area contributed by atoms with Crippen molar-refractivity contribution < 1.29 is 0 Å². The molecule has 2 heterocycles. The molecule has 0 aliphatic carbocycles. The summed E-state index contributed by atoms with van der Waals surface area (Å²) in [7, 11) is 0. The van der Waals surface area contributed by atoms with E-state index < -0.39 is 0 Å². The van der Waals surface area contributed by atoms with Crippen LogP contribution in [0, 0.1) is 0 Å². The minimum atomic E-state index is -0.0440. The fourth-order valence-electron chi connectivity index (χ4n) is 2.01. The van der Waals surface area contributed by atoms with E-state index in [0.717, 1.165) is 17.1 Å². The Morgan fingerprint density at radius 3 is 2.79 bits per heavy atom. The van der Waals surface area contributed by atoms with E-state index in [4.69, 9.17) is 18.0 Å². The lowest BCUT2D eigenvalue weighted by molar-refractivity contribution is 0.657. The molecule has 0 spiro atoms. The summed E-state index contributed by atoms with van der Waals surface area (Å²) in [6.07, 6.45) is 0.910. The lowest BCUT2D eigenvalue weighted by Gasteiger charge is -2.13. The first-order chi connectivity index (χ1) is 8.93. The molecule has 0 aromatic carbocycles. The van der Waals surface area contributed by atoms with Crippen molar-refractivity contribution in [1.29, 1.82) is 0 Å². The summed E-state index contributed by atoms with van der Waals surface area (Å²) < 4.78 is 1.60. The number of thiocarbonyl (C=S) groups is 1. The van der Waals surface area contributed by atoms with Crippen molar-refractivity contribution in [2.45, 2.75) is 39.7 Å². The van der Waals surface area contributed by atoms with E-state index in [1.165, 1.54) is 4.88 Å². The summed E-state index contributed by atoms with van der Waals surface area (Å²) in [5.74, 6) is 0.897. The van der Waals surface area contributed by atoms with Gasteiger partial charge in [0.15, 0.2) is 0 Å². The highest BCUT2D eigenvalue weighted by Gasteiger charge is 2.16. The van der Waals surface area contributed by atoms with E-state index in [2.05, 4.69) is 11.9 Å². The predicted octanol–water partition coefficient (Wildman–Crippen LogP) is 2.43. The van der Waals surface area contributed by atoms with E-state index in [1.54, 1.807) is 15.9 Å². The summed E-state index contributed by atoms with van der Waals surface area (Å²) in [6.45, 7) is 6.35. The Labute approximate surface area is 121 Å². The fraction of sp³-hybridized carbons (Fsp3) is 0.462. The second-order valence-electron chi connectivity index (χ2n) is 4.77. The molecule has 19 heavy (non-hydrogen) atoms. The maximum absolute atomic E-state index is 12.5. The van der Waals surface area contributed by atoms with Crippen molar-refractivity contribution in [2.24, 2.45) is 5.73 Å². The molecule has 0 atom stereocenters. The largest absolute Gasteiger partial charge is 0.392 e. The van der Waals surface area contributed by atoms with Crippen molar-refractivity contribution >= 4 is 38.8 Å². The number of fused-ring (bicyclic) bond motifs is 1. The standard InChI is InChI=1S/C13H17N3OS2/c1-4-8-5-9-12(19-8)15-11(7(2)3)16(13(9)17)6-10(14)18/h5,7H,4,6H2,1-3H3,(H2,14,18). The Balaban J connectivity index is 2.75. The van der Waals surface area contributed by atoms with Gasteiger partial charge >= 0.3 is 0 Å². The van der Waals surface area contributed by atoms with Gasteiger partial charge in [0, 0.05) is 10.8 Å². The molecule has 2 aromatic heterocycles. The third-order valence-electron chi connectivity index (χ3n) is 2.91. The van der Waals surface area contributed by atoms with Gasteiger partial charge in [-0.25, -0.2) is 4.98 Å². The molecule has 6 heteroatoms. The second-order valence-corrected chi connectivity index (χ2v) is 6.41. The molecule has 0 aliphatic heterocycles. The predicted molar refractivity (Wildman–Crippen MR) is 84.1 cm³/mol. The van der Waals surface area contributed by atoms with Crippen molar-refractivity contribution in [2.75, 3.05) is 0 Å². The first-order valence-electron chi connectivity index (χ1n) is 6.25. The quantitative estimate of drug-likeness (QED) is 0.880. The molecule has 2 rings (SSSR count). The van der Waals surface area contributed by atoms with E-state index >= 15 is 0 Å². The SMILES string of the molecule is CCc1cc2c(=O)n(CC(N)=S)c(C(C)C)nc2s1. The van der Waals surface area contributed by atoms with Crippen molar-refractivity contribution in [3.05, 3.63) is 27.1 Å². The number of nitrogens with two attached hydrogens (primary N) is 1. The van der Waals surface area contributed by atoms with Crippen LogP contribution in [0.1, 0.15) is 37.4 Å². The highest BCUT2D eigenvalue weighted by atomic mass is 32.1. The highest BCUT2D eigenvalue weighted by Crippen LogP contribution is 2.23. The average Bonchev–Trinajstić information content (AvgIpc) is 2.75. The second kappa shape index (κ2) is 5.38. The molecule has 4 nitrogen and oxygen atoms in total. The molecule has 102 valence electrons. The van der Waals surface area contributed by atoms with Crippen molar-refractivity contribution in [1.82, 2.24) is 9.55 Å². The van der Waals surface area contributed by atoms with Gasteiger partial charge in [-0.1, -0.05) is 33.0 Å². The van der Waals surface area contributed by atoms with E-state index in [1.807, 2.05) is 19.9 Å². The lowest BCUT2D eigenvalue weighted by atomic mass is 10.2. The van der Waals surface area contributed by atoms with Crippen LogP contribution in [0.15, 0.2) is 10.9 Å². The lowest BCUT2D eigenvalue weighted by Crippen LogP contribution is -2.30. The zero-order valence-electron chi connectivity index (χ0n) is 11.3. The Bertz CT molecular complexity index is 685. The topological polar surface area (TPSA) is 60.9 Å². The number of nitrogens with zero attached hydrogens (tertiary/aromatic N) is 2. The van der Waals surface area contributed by atoms with Crippen LogP contribution in [0.2, 0.25) is 0 Å². The first kappa shape index (κ1) is 14.1. The van der Waals surface area contributed by atoms with Gasteiger partial charge in [-0.15, -0.1) is 11.3 Å². The van der Waals surface area contributed by atoms with Gasteiger partial charge in [0.1, 0.15) is 10.7 Å². The zero-order chi connectivity index (χ0) is 14.2. The Kier molecular flexibility index (Phi) is 4.01. The maximum atomic E-state index is 12.5. The van der Waals surface area contributed by atoms with Crippen LogP contribution in [0.3, 0.4) is 0 Å². The molecule has 0 unspecified atom stereocenters. The zero-order valence-corrected chi connectivity index (χ0v) is 12.9. The number of thiophene rings is 1. The van der Waals surface area contributed by atoms with Gasteiger partial charge in [0.2, 0.25) is 0 Å². The first-order valence-corrected chi connectivity index (χ1v) is 7.48. The molecule has 2 aromatic rings. The molecule has 2 N–H and O–H groups in total. The molecule has 0 radical (unpaired) electrons. The summed E-state index contributed by atoms with van der Waals surface area (Å²) in [6, 6.07) is 1.93. The molecular formula is C13H17N3OS2. The molecule has 0 amide bonds. The van der Waals surface area contributed by atoms with E-state index in [9.17, 15) is 4.79 Å². The summed E-state index contributed by atoms with van der Waals surface area (Å²) in [5.41, 5.74) is 5.54. The number of aromatic nitrogens is 2. The average molecular weight is 295 g/mol.